The van der Waals surface area contributed by atoms with Crippen molar-refractivity contribution in [3.8, 4) is 0 Å². The van der Waals surface area contributed by atoms with Crippen molar-refractivity contribution in [3.05, 3.63) is 0 Å². The molecule has 2 unspecified atom stereocenters. The van der Waals surface area contributed by atoms with Gasteiger partial charge in [0.15, 0.2) is 0 Å². The summed E-state index contributed by atoms with van der Waals surface area (Å²) in [6, 6.07) is -0.570. The van der Waals surface area contributed by atoms with Crippen LogP contribution in [-0.2, 0) is 4.79 Å². The molecule has 0 aliphatic carbocycles. The summed E-state index contributed by atoms with van der Waals surface area (Å²) in [5.74, 6) is -0.713. The number of amides is 2. The van der Waals surface area contributed by atoms with Crippen LogP contribution in [0.3, 0.4) is 0 Å². The molecule has 0 aromatic rings. The minimum absolute atomic E-state index is 0.232. The van der Waals surface area contributed by atoms with E-state index in [1.807, 2.05) is 13.8 Å². The molecule has 2 rings (SSSR count). The molecule has 6 heteroatoms. The van der Waals surface area contributed by atoms with Gasteiger partial charge in [-0.15, -0.1) is 0 Å². The molecule has 2 N–H and O–H groups in total. The highest BCUT2D eigenvalue weighted by Gasteiger charge is 2.33. The monoisotopic (exact) mass is 297 g/mol. The lowest BCUT2D eigenvalue weighted by Crippen LogP contribution is -2.48. The average Bonchev–Trinajstić information content (AvgIpc) is 3.08. The summed E-state index contributed by atoms with van der Waals surface area (Å²) in [5, 5.41) is 11.9. The Bertz CT molecular complexity index is 380. The number of nitrogens with one attached hydrogen (secondary N) is 1. The largest absolute Gasteiger partial charge is 0.480 e. The summed E-state index contributed by atoms with van der Waals surface area (Å²) in [5.41, 5.74) is 0. The van der Waals surface area contributed by atoms with Crippen LogP contribution in [0.5, 0.6) is 0 Å². The van der Waals surface area contributed by atoms with E-state index in [4.69, 9.17) is 0 Å². The fourth-order valence-electron chi connectivity index (χ4n) is 3.26. The number of carboxylic acid groups (broad SMARTS) is 1. The lowest BCUT2D eigenvalue weighted by molar-refractivity contribution is -0.139. The van der Waals surface area contributed by atoms with Crippen molar-refractivity contribution < 1.29 is 14.7 Å². The number of nitrogens with zero attached hydrogens (tertiary/aromatic N) is 2. The van der Waals surface area contributed by atoms with Crippen molar-refractivity contribution in [1.82, 2.24) is 15.1 Å². The molecule has 2 amide bonds. The molecule has 2 heterocycles. The number of aliphatic carboxylic acids is 1. The summed E-state index contributed by atoms with van der Waals surface area (Å²) in [6.45, 7) is 7.63. The average molecular weight is 297 g/mol. The summed E-state index contributed by atoms with van der Waals surface area (Å²) in [6.07, 6.45) is 3.95. The molecule has 0 aromatic carbocycles. The van der Waals surface area contributed by atoms with Crippen molar-refractivity contribution in [3.63, 3.8) is 0 Å². The van der Waals surface area contributed by atoms with Gasteiger partial charge in [-0.1, -0.05) is 13.8 Å². The third-order valence-electron chi connectivity index (χ3n) is 4.41. The summed E-state index contributed by atoms with van der Waals surface area (Å²) >= 11 is 0. The van der Waals surface area contributed by atoms with Gasteiger partial charge >= 0.3 is 12.0 Å². The van der Waals surface area contributed by atoms with E-state index in [9.17, 15) is 14.7 Å². The normalized spacial score (nSPS) is 24.5. The first-order chi connectivity index (χ1) is 9.97. The van der Waals surface area contributed by atoms with Crippen molar-refractivity contribution >= 4 is 12.0 Å². The smallest absolute Gasteiger partial charge is 0.326 e. The summed E-state index contributed by atoms with van der Waals surface area (Å²) in [4.78, 5) is 27.7. The third-order valence-corrected chi connectivity index (χ3v) is 4.41. The number of hydrogen-bond donors (Lipinski definition) is 2. The minimum atomic E-state index is -0.952. The van der Waals surface area contributed by atoms with E-state index in [1.165, 1.54) is 12.8 Å². The van der Waals surface area contributed by atoms with Crippen LogP contribution in [0.1, 0.15) is 39.5 Å². The first-order valence-electron chi connectivity index (χ1n) is 7.99. The summed E-state index contributed by atoms with van der Waals surface area (Å²) in [7, 11) is 0. The van der Waals surface area contributed by atoms with Crippen LogP contribution in [0, 0.1) is 5.92 Å². The summed E-state index contributed by atoms with van der Waals surface area (Å²) < 4.78 is 0. The Hall–Kier alpha value is -1.30. The highest BCUT2D eigenvalue weighted by atomic mass is 16.4. The molecule has 0 spiro atoms. The molecular weight excluding hydrogens is 270 g/mol. The Morgan fingerprint density at radius 2 is 1.90 bits per heavy atom. The molecule has 2 atom stereocenters. The Morgan fingerprint density at radius 1 is 1.24 bits per heavy atom. The van der Waals surface area contributed by atoms with Gasteiger partial charge in [-0.3, -0.25) is 4.90 Å². The number of urea groups is 1. The van der Waals surface area contributed by atoms with Crippen LogP contribution >= 0.6 is 0 Å². The van der Waals surface area contributed by atoms with E-state index in [0.29, 0.717) is 12.5 Å². The van der Waals surface area contributed by atoms with Crippen LogP contribution in [0.15, 0.2) is 0 Å². The van der Waals surface area contributed by atoms with E-state index in [-0.39, 0.29) is 11.9 Å². The van der Waals surface area contributed by atoms with Gasteiger partial charge in [0.05, 0.1) is 0 Å². The number of carboxylic acids is 1. The number of hydrogen-bond acceptors (Lipinski definition) is 3. The number of carbonyl (C=O) groups excluding carboxylic acids is 1. The standard InChI is InChI=1S/C15H27N3O3/c1-11(2)9-13(14(19)20)16-15(21)18-8-5-12(10-18)17-6-3-4-7-17/h11-13H,3-10H2,1-2H3,(H,16,21)(H,19,20). The fourth-order valence-corrected chi connectivity index (χ4v) is 3.26. The maximum absolute atomic E-state index is 12.2. The highest BCUT2D eigenvalue weighted by molar-refractivity contribution is 5.82. The Labute approximate surface area is 126 Å². The van der Waals surface area contributed by atoms with Gasteiger partial charge in [0.1, 0.15) is 6.04 Å². The van der Waals surface area contributed by atoms with Gasteiger partial charge < -0.3 is 15.3 Å². The van der Waals surface area contributed by atoms with Crippen molar-refractivity contribution in [1.29, 1.82) is 0 Å². The van der Waals surface area contributed by atoms with Crippen LogP contribution in [-0.4, -0.2) is 65.2 Å². The SMILES string of the molecule is CC(C)CC(NC(=O)N1CCC(N2CCCC2)C1)C(=O)O. The topological polar surface area (TPSA) is 72.9 Å². The predicted octanol–water partition coefficient (Wildman–Crippen LogP) is 1.37. The van der Waals surface area contributed by atoms with Crippen LogP contribution < -0.4 is 5.32 Å². The van der Waals surface area contributed by atoms with E-state index in [2.05, 4.69) is 10.2 Å². The van der Waals surface area contributed by atoms with E-state index in [0.717, 1.165) is 32.6 Å². The lowest BCUT2D eigenvalue weighted by atomic mass is 10.0. The zero-order valence-corrected chi connectivity index (χ0v) is 13.0. The van der Waals surface area contributed by atoms with E-state index in [1.54, 1.807) is 4.90 Å². The first-order valence-corrected chi connectivity index (χ1v) is 7.99. The Kier molecular flexibility index (Phi) is 5.45. The zero-order valence-electron chi connectivity index (χ0n) is 13.0. The molecule has 0 radical (unpaired) electrons. The first kappa shape index (κ1) is 16.1. The van der Waals surface area contributed by atoms with Gasteiger partial charge in [-0.25, -0.2) is 9.59 Å². The fraction of sp³-hybridized carbons (Fsp3) is 0.867. The Balaban J connectivity index is 1.84. The lowest BCUT2D eigenvalue weighted by Gasteiger charge is -2.25. The van der Waals surface area contributed by atoms with Crippen molar-refractivity contribution in [2.24, 2.45) is 5.92 Å². The number of rotatable bonds is 5. The Morgan fingerprint density at radius 3 is 2.48 bits per heavy atom. The highest BCUT2D eigenvalue weighted by Crippen LogP contribution is 2.20. The van der Waals surface area contributed by atoms with Crippen molar-refractivity contribution in [2.45, 2.75) is 51.6 Å². The molecule has 0 aromatic heterocycles. The van der Waals surface area contributed by atoms with Gasteiger partial charge in [0, 0.05) is 19.1 Å². The molecule has 0 saturated carbocycles. The molecule has 120 valence electrons. The van der Waals surface area contributed by atoms with Gasteiger partial charge in [0.2, 0.25) is 0 Å². The molecule has 6 nitrogen and oxygen atoms in total. The van der Waals surface area contributed by atoms with E-state index >= 15 is 0 Å². The maximum atomic E-state index is 12.2. The molecule has 2 fully saturated rings. The predicted molar refractivity (Wildman–Crippen MR) is 80.2 cm³/mol. The van der Waals surface area contributed by atoms with Crippen LogP contribution in [0.25, 0.3) is 0 Å². The molecule has 2 aliphatic rings. The zero-order chi connectivity index (χ0) is 15.4. The van der Waals surface area contributed by atoms with E-state index < -0.39 is 12.0 Å². The van der Waals surface area contributed by atoms with Gasteiger partial charge in [-0.2, -0.15) is 0 Å². The second-order valence-electron chi connectivity index (χ2n) is 6.60. The molecular formula is C15H27N3O3. The molecule has 0 bridgehead atoms. The van der Waals surface area contributed by atoms with Crippen LogP contribution in [0.2, 0.25) is 0 Å². The van der Waals surface area contributed by atoms with Crippen LogP contribution in [0.4, 0.5) is 4.79 Å². The third kappa shape index (κ3) is 4.33. The number of likely N-dealkylation sites (tertiary alicyclic amines) is 2. The minimum Gasteiger partial charge on any atom is -0.480 e. The quantitative estimate of drug-likeness (QED) is 0.804. The van der Waals surface area contributed by atoms with Gasteiger partial charge in [-0.05, 0) is 44.7 Å². The second-order valence-corrected chi connectivity index (χ2v) is 6.60. The van der Waals surface area contributed by atoms with Gasteiger partial charge in [0.25, 0.3) is 0 Å². The molecule has 2 saturated heterocycles. The maximum Gasteiger partial charge on any atom is 0.326 e. The molecule has 2 aliphatic heterocycles. The van der Waals surface area contributed by atoms with Crippen molar-refractivity contribution in [2.75, 3.05) is 26.2 Å². The molecule has 21 heavy (non-hydrogen) atoms. The number of carbonyl (C=O) groups is 2. The second kappa shape index (κ2) is 7.11.